The molecule has 0 N–H and O–H groups in total. The number of rotatable bonds is 5. The van der Waals surface area contributed by atoms with E-state index >= 15 is 0 Å². The zero-order valence-corrected chi connectivity index (χ0v) is 16.6. The summed E-state index contributed by atoms with van der Waals surface area (Å²) in [6, 6.07) is 12.5. The Morgan fingerprint density at radius 1 is 1.14 bits per heavy atom. The molecule has 0 saturated carbocycles. The zero-order valence-electron chi connectivity index (χ0n) is 16.6. The predicted molar refractivity (Wildman–Crippen MR) is 111 cm³/mol. The van der Waals surface area contributed by atoms with Crippen molar-refractivity contribution in [2.24, 2.45) is 0 Å². The second kappa shape index (κ2) is 8.05. The molecule has 0 atom stereocenters. The second-order valence-corrected chi connectivity index (χ2v) is 7.46. The molecule has 28 heavy (non-hydrogen) atoms. The summed E-state index contributed by atoms with van der Waals surface area (Å²) in [6.07, 6.45) is 7.35. The lowest BCUT2D eigenvalue weighted by Crippen LogP contribution is -2.41. The first-order valence-corrected chi connectivity index (χ1v) is 10.1. The Labute approximate surface area is 166 Å². The van der Waals surface area contributed by atoms with Gasteiger partial charge in [0.1, 0.15) is 17.5 Å². The fourth-order valence-corrected chi connectivity index (χ4v) is 3.94. The molecule has 0 spiro atoms. The molecule has 5 nitrogen and oxygen atoms in total. The van der Waals surface area contributed by atoms with E-state index in [-0.39, 0.29) is 12.0 Å². The number of pyridine rings is 1. The quantitative estimate of drug-likeness (QED) is 0.659. The molecular formula is C23H27N3O2. The minimum Gasteiger partial charge on any atom is -0.490 e. The standard InChI is InChI=1S/C23H27N3O2/c1-3-4-23(27)25-14-11-20(12-15-25)28-19-7-5-18(6-8-19)21-9-10-22-24-13-16-26(22)17(21)2/h5-10,13,16,20H,3-4,11-12,14-15H2,1-2H3. The smallest absolute Gasteiger partial charge is 0.222 e. The Morgan fingerprint density at radius 3 is 2.61 bits per heavy atom. The van der Waals surface area contributed by atoms with E-state index in [0.29, 0.717) is 6.42 Å². The van der Waals surface area contributed by atoms with Gasteiger partial charge in [-0.3, -0.25) is 4.79 Å². The third-order valence-electron chi connectivity index (χ3n) is 5.55. The molecule has 146 valence electrons. The molecule has 1 aliphatic heterocycles. The van der Waals surface area contributed by atoms with Crippen LogP contribution in [0, 0.1) is 6.92 Å². The van der Waals surface area contributed by atoms with Gasteiger partial charge in [-0.25, -0.2) is 4.98 Å². The van der Waals surface area contributed by atoms with Gasteiger partial charge in [0.2, 0.25) is 5.91 Å². The number of amides is 1. The lowest BCUT2D eigenvalue weighted by Gasteiger charge is -2.32. The summed E-state index contributed by atoms with van der Waals surface area (Å²) in [5, 5.41) is 0. The number of imidazole rings is 1. The van der Waals surface area contributed by atoms with Crippen LogP contribution < -0.4 is 4.74 Å². The molecule has 2 aromatic heterocycles. The van der Waals surface area contributed by atoms with Crippen LogP contribution in [0.15, 0.2) is 48.8 Å². The van der Waals surface area contributed by atoms with Gasteiger partial charge in [0.15, 0.2) is 0 Å². The monoisotopic (exact) mass is 377 g/mol. The average Bonchev–Trinajstić information content (AvgIpc) is 3.20. The largest absolute Gasteiger partial charge is 0.490 e. The van der Waals surface area contributed by atoms with E-state index in [9.17, 15) is 4.79 Å². The van der Waals surface area contributed by atoms with Crippen LogP contribution >= 0.6 is 0 Å². The number of nitrogens with zero attached hydrogens (tertiary/aromatic N) is 3. The summed E-state index contributed by atoms with van der Waals surface area (Å²) in [6.45, 7) is 5.76. The van der Waals surface area contributed by atoms with Crippen LogP contribution in [0.3, 0.4) is 0 Å². The van der Waals surface area contributed by atoms with Gasteiger partial charge in [0, 0.05) is 56.0 Å². The predicted octanol–water partition coefficient (Wildman–Crippen LogP) is 4.48. The number of carbonyl (C=O) groups excluding carboxylic acids is 1. The van der Waals surface area contributed by atoms with E-state index in [1.54, 1.807) is 0 Å². The Balaban J connectivity index is 1.40. The average molecular weight is 377 g/mol. The summed E-state index contributed by atoms with van der Waals surface area (Å²) < 4.78 is 8.27. The normalized spacial score (nSPS) is 15.1. The molecule has 4 rings (SSSR count). The number of likely N-dealkylation sites (tertiary alicyclic amines) is 1. The lowest BCUT2D eigenvalue weighted by atomic mass is 10.0. The molecule has 0 unspecified atom stereocenters. The first-order valence-electron chi connectivity index (χ1n) is 10.1. The van der Waals surface area contributed by atoms with E-state index in [1.165, 1.54) is 16.8 Å². The number of aryl methyl sites for hydroxylation is 1. The van der Waals surface area contributed by atoms with Crippen molar-refractivity contribution in [1.29, 1.82) is 0 Å². The van der Waals surface area contributed by atoms with Crippen molar-refractivity contribution in [3.8, 4) is 16.9 Å². The molecule has 1 aromatic carbocycles. The number of fused-ring (bicyclic) bond motifs is 1. The van der Waals surface area contributed by atoms with E-state index in [0.717, 1.165) is 43.7 Å². The fraction of sp³-hybridized carbons (Fsp3) is 0.391. The molecule has 0 bridgehead atoms. The molecular weight excluding hydrogens is 350 g/mol. The number of benzene rings is 1. The summed E-state index contributed by atoms with van der Waals surface area (Å²) in [4.78, 5) is 18.3. The highest BCUT2D eigenvalue weighted by atomic mass is 16.5. The molecule has 0 aliphatic carbocycles. The van der Waals surface area contributed by atoms with Crippen molar-refractivity contribution < 1.29 is 9.53 Å². The van der Waals surface area contributed by atoms with Gasteiger partial charge in [-0.05, 0) is 43.2 Å². The van der Waals surface area contributed by atoms with Crippen LogP contribution in [-0.2, 0) is 4.79 Å². The summed E-state index contributed by atoms with van der Waals surface area (Å²) >= 11 is 0. The van der Waals surface area contributed by atoms with Crippen LogP contribution in [0.5, 0.6) is 5.75 Å². The fourth-order valence-electron chi connectivity index (χ4n) is 3.94. The van der Waals surface area contributed by atoms with Gasteiger partial charge in [0.25, 0.3) is 0 Å². The first kappa shape index (κ1) is 18.5. The van der Waals surface area contributed by atoms with Gasteiger partial charge >= 0.3 is 0 Å². The molecule has 3 heterocycles. The van der Waals surface area contributed by atoms with Gasteiger partial charge in [-0.15, -0.1) is 0 Å². The van der Waals surface area contributed by atoms with Crippen molar-refractivity contribution in [3.63, 3.8) is 0 Å². The van der Waals surface area contributed by atoms with Gasteiger partial charge in [0.05, 0.1) is 0 Å². The number of piperidine rings is 1. The molecule has 5 heteroatoms. The van der Waals surface area contributed by atoms with Crippen LogP contribution in [0.25, 0.3) is 16.8 Å². The van der Waals surface area contributed by atoms with Gasteiger partial charge in [-0.1, -0.05) is 19.1 Å². The molecule has 1 aliphatic rings. The Morgan fingerprint density at radius 2 is 1.89 bits per heavy atom. The molecule has 0 radical (unpaired) electrons. The molecule has 1 fully saturated rings. The zero-order chi connectivity index (χ0) is 19.5. The highest BCUT2D eigenvalue weighted by Crippen LogP contribution is 2.27. The maximum atomic E-state index is 12.0. The molecule has 3 aromatic rings. The molecule has 1 amide bonds. The van der Waals surface area contributed by atoms with Crippen molar-refractivity contribution in [2.75, 3.05) is 13.1 Å². The van der Waals surface area contributed by atoms with Crippen molar-refractivity contribution >= 4 is 11.6 Å². The van der Waals surface area contributed by atoms with Crippen LogP contribution in [0.2, 0.25) is 0 Å². The van der Waals surface area contributed by atoms with E-state index < -0.39 is 0 Å². The Bertz CT molecular complexity index is 954. The maximum Gasteiger partial charge on any atom is 0.222 e. The van der Waals surface area contributed by atoms with Gasteiger partial charge < -0.3 is 14.0 Å². The van der Waals surface area contributed by atoms with E-state index in [1.807, 2.05) is 42.4 Å². The van der Waals surface area contributed by atoms with Crippen LogP contribution in [0.4, 0.5) is 0 Å². The third kappa shape index (κ3) is 3.75. The topological polar surface area (TPSA) is 46.8 Å². The first-order chi connectivity index (χ1) is 13.7. The number of carbonyl (C=O) groups is 1. The number of hydrogen-bond acceptors (Lipinski definition) is 3. The van der Waals surface area contributed by atoms with Crippen molar-refractivity contribution in [3.05, 3.63) is 54.5 Å². The molecule has 1 saturated heterocycles. The second-order valence-electron chi connectivity index (χ2n) is 7.46. The Kier molecular flexibility index (Phi) is 5.33. The number of hydrogen-bond donors (Lipinski definition) is 0. The summed E-state index contributed by atoms with van der Waals surface area (Å²) in [5.74, 6) is 1.17. The van der Waals surface area contributed by atoms with E-state index in [4.69, 9.17) is 4.74 Å². The summed E-state index contributed by atoms with van der Waals surface area (Å²) in [7, 11) is 0. The SMILES string of the molecule is CCCC(=O)N1CCC(Oc2ccc(-c3ccc4nccn4c3C)cc2)CC1. The highest BCUT2D eigenvalue weighted by molar-refractivity contribution is 5.76. The van der Waals surface area contributed by atoms with Crippen molar-refractivity contribution in [2.45, 2.75) is 45.6 Å². The number of ether oxygens (including phenoxy) is 1. The van der Waals surface area contributed by atoms with Gasteiger partial charge in [-0.2, -0.15) is 0 Å². The van der Waals surface area contributed by atoms with Crippen LogP contribution in [0.1, 0.15) is 38.3 Å². The minimum absolute atomic E-state index is 0.181. The van der Waals surface area contributed by atoms with Crippen molar-refractivity contribution in [1.82, 2.24) is 14.3 Å². The lowest BCUT2D eigenvalue weighted by molar-refractivity contribution is -0.133. The Hall–Kier alpha value is -2.82. The van der Waals surface area contributed by atoms with E-state index in [2.05, 4.69) is 34.5 Å². The number of aromatic nitrogens is 2. The maximum absolute atomic E-state index is 12.0. The highest BCUT2D eigenvalue weighted by Gasteiger charge is 2.23. The van der Waals surface area contributed by atoms with Crippen LogP contribution in [-0.4, -0.2) is 39.4 Å². The third-order valence-corrected chi connectivity index (χ3v) is 5.55. The summed E-state index contributed by atoms with van der Waals surface area (Å²) in [5.41, 5.74) is 4.50. The minimum atomic E-state index is 0.181.